The number of esters is 1. The first-order valence-corrected chi connectivity index (χ1v) is 8.45. The van der Waals surface area contributed by atoms with Gasteiger partial charge in [-0.05, 0) is 30.3 Å². The van der Waals surface area contributed by atoms with Gasteiger partial charge >= 0.3 is 5.97 Å². The molecule has 0 bridgehead atoms. The molecule has 1 heterocycles. The Balaban J connectivity index is 1.71. The standard InChI is InChI=1S/C20H19N3O5/c1-27-20(26)16-10-23(17-5-3-2-4-15(16)17)11-19(25)22-13-6-8-14(9-7-13)28-12-18(21)24/h2-10H,11-12H2,1H3,(H2,21,24)(H,22,25). The quantitative estimate of drug-likeness (QED) is 0.607. The highest BCUT2D eigenvalue weighted by Crippen LogP contribution is 2.22. The van der Waals surface area contributed by atoms with Crippen LogP contribution in [-0.2, 0) is 20.9 Å². The van der Waals surface area contributed by atoms with E-state index in [1.165, 1.54) is 7.11 Å². The van der Waals surface area contributed by atoms with Gasteiger partial charge in [-0.25, -0.2) is 4.79 Å². The normalized spacial score (nSPS) is 10.5. The van der Waals surface area contributed by atoms with Crippen molar-refractivity contribution < 1.29 is 23.9 Å². The molecule has 0 saturated carbocycles. The van der Waals surface area contributed by atoms with Crippen LogP contribution in [0.15, 0.2) is 54.7 Å². The van der Waals surface area contributed by atoms with E-state index >= 15 is 0 Å². The largest absolute Gasteiger partial charge is 0.484 e. The van der Waals surface area contributed by atoms with E-state index in [1.807, 2.05) is 18.2 Å². The lowest BCUT2D eigenvalue weighted by Gasteiger charge is -2.09. The fraction of sp³-hybridized carbons (Fsp3) is 0.150. The molecule has 0 atom stereocenters. The van der Waals surface area contributed by atoms with Crippen molar-refractivity contribution in [2.75, 3.05) is 19.0 Å². The number of ether oxygens (including phenoxy) is 2. The number of hydrogen-bond acceptors (Lipinski definition) is 5. The lowest BCUT2D eigenvalue weighted by molar-refractivity contribution is -0.120. The van der Waals surface area contributed by atoms with Gasteiger partial charge < -0.3 is 25.1 Å². The van der Waals surface area contributed by atoms with Crippen LogP contribution in [0.1, 0.15) is 10.4 Å². The second-order valence-electron chi connectivity index (χ2n) is 6.01. The van der Waals surface area contributed by atoms with Gasteiger partial charge in [-0.2, -0.15) is 0 Å². The Bertz CT molecular complexity index is 1020. The summed E-state index contributed by atoms with van der Waals surface area (Å²) in [7, 11) is 1.32. The van der Waals surface area contributed by atoms with E-state index in [4.69, 9.17) is 15.2 Å². The van der Waals surface area contributed by atoms with Crippen LogP contribution in [0, 0.1) is 0 Å². The minimum Gasteiger partial charge on any atom is -0.484 e. The second kappa shape index (κ2) is 8.26. The zero-order valence-corrected chi connectivity index (χ0v) is 15.2. The Morgan fingerprint density at radius 2 is 1.79 bits per heavy atom. The van der Waals surface area contributed by atoms with Crippen LogP contribution in [0.3, 0.4) is 0 Å². The van der Waals surface area contributed by atoms with Crippen molar-refractivity contribution >= 4 is 34.4 Å². The van der Waals surface area contributed by atoms with E-state index in [9.17, 15) is 14.4 Å². The molecule has 8 nitrogen and oxygen atoms in total. The lowest BCUT2D eigenvalue weighted by Crippen LogP contribution is -2.20. The number of methoxy groups -OCH3 is 1. The Hall–Kier alpha value is -3.81. The molecule has 0 spiro atoms. The fourth-order valence-corrected chi connectivity index (χ4v) is 2.79. The van der Waals surface area contributed by atoms with Crippen molar-refractivity contribution in [1.82, 2.24) is 4.57 Å². The van der Waals surface area contributed by atoms with Crippen molar-refractivity contribution in [2.45, 2.75) is 6.54 Å². The lowest BCUT2D eigenvalue weighted by atomic mass is 10.2. The highest BCUT2D eigenvalue weighted by Gasteiger charge is 2.16. The average Bonchev–Trinajstić information content (AvgIpc) is 3.05. The number of primary amides is 1. The van der Waals surface area contributed by atoms with E-state index in [0.717, 1.165) is 10.9 Å². The molecule has 28 heavy (non-hydrogen) atoms. The predicted octanol–water partition coefficient (Wildman–Crippen LogP) is 1.93. The van der Waals surface area contributed by atoms with Crippen LogP contribution >= 0.6 is 0 Å². The second-order valence-corrected chi connectivity index (χ2v) is 6.01. The van der Waals surface area contributed by atoms with Gasteiger partial charge in [-0.3, -0.25) is 9.59 Å². The summed E-state index contributed by atoms with van der Waals surface area (Å²) in [6.07, 6.45) is 1.61. The molecule has 144 valence electrons. The van der Waals surface area contributed by atoms with Crippen molar-refractivity contribution in [2.24, 2.45) is 5.73 Å². The summed E-state index contributed by atoms with van der Waals surface area (Å²) in [4.78, 5) is 35.1. The van der Waals surface area contributed by atoms with Gasteiger partial charge in [-0.15, -0.1) is 0 Å². The summed E-state index contributed by atoms with van der Waals surface area (Å²) >= 11 is 0. The highest BCUT2D eigenvalue weighted by molar-refractivity contribution is 6.05. The summed E-state index contributed by atoms with van der Waals surface area (Å²) in [5.41, 5.74) is 6.76. The zero-order valence-electron chi connectivity index (χ0n) is 15.2. The molecular formula is C20H19N3O5. The van der Waals surface area contributed by atoms with E-state index in [-0.39, 0.29) is 19.1 Å². The maximum Gasteiger partial charge on any atom is 0.340 e. The number of amides is 2. The molecule has 1 aromatic heterocycles. The van der Waals surface area contributed by atoms with Gasteiger partial charge in [-0.1, -0.05) is 18.2 Å². The third-order valence-electron chi connectivity index (χ3n) is 4.03. The van der Waals surface area contributed by atoms with Crippen LogP contribution < -0.4 is 15.8 Å². The third-order valence-corrected chi connectivity index (χ3v) is 4.03. The number of benzene rings is 2. The topological polar surface area (TPSA) is 113 Å². The third kappa shape index (κ3) is 4.29. The van der Waals surface area contributed by atoms with Crippen molar-refractivity contribution in [3.8, 4) is 5.75 Å². The summed E-state index contributed by atoms with van der Waals surface area (Å²) in [5, 5.41) is 3.50. The number of fused-ring (bicyclic) bond motifs is 1. The number of carbonyl (C=O) groups excluding carboxylic acids is 3. The molecule has 3 aromatic rings. The molecule has 3 N–H and O–H groups in total. The smallest absolute Gasteiger partial charge is 0.340 e. The molecule has 2 aromatic carbocycles. The van der Waals surface area contributed by atoms with Crippen molar-refractivity contribution in [1.29, 1.82) is 0 Å². The number of nitrogens with one attached hydrogen (secondary N) is 1. The summed E-state index contributed by atoms with van der Waals surface area (Å²) in [5.74, 6) is -0.816. The van der Waals surface area contributed by atoms with Gasteiger partial charge in [0.15, 0.2) is 6.61 Å². The average molecular weight is 381 g/mol. The molecule has 8 heteroatoms. The van der Waals surface area contributed by atoms with Gasteiger partial charge in [0.2, 0.25) is 5.91 Å². The number of para-hydroxylation sites is 1. The molecule has 0 saturated heterocycles. The number of aromatic nitrogens is 1. The minimum absolute atomic E-state index is 0.0252. The summed E-state index contributed by atoms with van der Waals surface area (Å²) in [6, 6.07) is 13.9. The van der Waals surface area contributed by atoms with Gasteiger partial charge in [0.05, 0.1) is 12.7 Å². The maximum atomic E-state index is 12.4. The van der Waals surface area contributed by atoms with E-state index in [0.29, 0.717) is 17.0 Å². The number of nitrogens with zero attached hydrogens (tertiary/aromatic N) is 1. The van der Waals surface area contributed by atoms with Gasteiger partial charge in [0.1, 0.15) is 12.3 Å². The number of anilines is 1. The number of carbonyl (C=O) groups is 3. The molecule has 2 amide bonds. The Morgan fingerprint density at radius 3 is 2.46 bits per heavy atom. The van der Waals surface area contributed by atoms with Gasteiger partial charge in [0, 0.05) is 22.8 Å². The summed E-state index contributed by atoms with van der Waals surface area (Å²) in [6.45, 7) is -0.188. The molecule has 0 aliphatic carbocycles. The van der Waals surface area contributed by atoms with Crippen molar-refractivity contribution in [3.63, 3.8) is 0 Å². The number of nitrogens with two attached hydrogens (primary N) is 1. The van der Waals surface area contributed by atoms with E-state index in [2.05, 4.69) is 5.32 Å². The Labute approximate surface area is 160 Å². The summed E-state index contributed by atoms with van der Waals surface area (Å²) < 4.78 is 11.7. The molecule has 0 unspecified atom stereocenters. The first kappa shape index (κ1) is 19.0. The molecule has 0 aliphatic heterocycles. The number of hydrogen-bond donors (Lipinski definition) is 2. The minimum atomic E-state index is -0.567. The highest BCUT2D eigenvalue weighted by atomic mass is 16.5. The molecule has 0 fully saturated rings. The maximum absolute atomic E-state index is 12.4. The monoisotopic (exact) mass is 381 g/mol. The molecule has 0 radical (unpaired) electrons. The Kier molecular flexibility index (Phi) is 5.59. The molecule has 3 rings (SSSR count). The number of rotatable bonds is 7. The molecular weight excluding hydrogens is 362 g/mol. The van der Waals surface area contributed by atoms with Crippen LogP contribution in [0.5, 0.6) is 5.75 Å². The van der Waals surface area contributed by atoms with E-state index < -0.39 is 11.9 Å². The fourth-order valence-electron chi connectivity index (χ4n) is 2.79. The first-order chi connectivity index (χ1) is 13.5. The van der Waals surface area contributed by atoms with Crippen LogP contribution in [0.25, 0.3) is 10.9 Å². The van der Waals surface area contributed by atoms with Crippen LogP contribution in [0.2, 0.25) is 0 Å². The predicted molar refractivity (Wildman–Crippen MR) is 103 cm³/mol. The van der Waals surface area contributed by atoms with Gasteiger partial charge in [0.25, 0.3) is 5.91 Å². The molecule has 0 aliphatic rings. The van der Waals surface area contributed by atoms with E-state index in [1.54, 1.807) is 41.1 Å². The zero-order chi connectivity index (χ0) is 20.1. The first-order valence-electron chi connectivity index (χ1n) is 8.45. The van der Waals surface area contributed by atoms with Crippen LogP contribution in [-0.4, -0.2) is 36.1 Å². The SMILES string of the molecule is COC(=O)c1cn(CC(=O)Nc2ccc(OCC(N)=O)cc2)c2ccccc12. The Morgan fingerprint density at radius 1 is 1.07 bits per heavy atom. The van der Waals surface area contributed by atoms with Crippen molar-refractivity contribution in [3.05, 3.63) is 60.3 Å². The van der Waals surface area contributed by atoms with Crippen LogP contribution in [0.4, 0.5) is 5.69 Å².